The van der Waals surface area contributed by atoms with Crippen LogP contribution in [0.2, 0.25) is 0 Å². The maximum atomic E-state index is 13.2. The summed E-state index contributed by atoms with van der Waals surface area (Å²) in [5.74, 6) is -0.902. The molecular weight excluding hydrogens is 425 g/mol. The SMILES string of the molecule is O=C(CN1C(=O)CN=C(c2ccccc2)c2c1sc1c2CCCC1)Nc1ccc(F)cc1. The molecule has 0 saturated heterocycles. The molecule has 0 atom stereocenters. The van der Waals surface area contributed by atoms with Gasteiger partial charge in [-0.2, -0.15) is 0 Å². The molecule has 0 fully saturated rings. The van der Waals surface area contributed by atoms with Gasteiger partial charge in [0.2, 0.25) is 11.8 Å². The molecule has 5 rings (SSSR count). The first-order chi connectivity index (χ1) is 15.6. The molecule has 2 amide bonds. The average molecular weight is 448 g/mol. The maximum Gasteiger partial charge on any atom is 0.249 e. The molecule has 0 radical (unpaired) electrons. The molecular formula is C25H22FN3O2S. The summed E-state index contributed by atoms with van der Waals surface area (Å²) in [7, 11) is 0. The molecule has 0 spiro atoms. The number of benzene rings is 2. The Kier molecular flexibility index (Phi) is 5.57. The number of carbonyl (C=O) groups excluding carboxylic acids is 2. The van der Waals surface area contributed by atoms with Gasteiger partial charge >= 0.3 is 0 Å². The van der Waals surface area contributed by atoms with Gasteiger partial charge in [-0.1, -0.05) is 30.3 Å². The second kappa shape index (κ2) is 8.67. The first kappa shape index (κ1) is 20.6. The van der Waals surface area contributed by atoms with Crippen LogP contribution in [-0.4, -0.2) is 30.6 Å². The number of nitrogens with zero attached hydrogens (tertiary/aromatic N) is 2. The normalized spacial score (nSPS) is 15.5. The van der Waals surface area contributed by atoms with Crippen molar-refractivity contribution in [2.75, 3.05) is 23.3 Å². The van der Waals surface area contributed by atoms with Gasteiger partial charge in [0, 0.05) is 21.7 Å². The van der Waals surface area contributed by atoms with Crippen LogP contribution >= 0.6 is 11.3 Å². The van der Waals surface area contributed by atoms with Crippen LogP contribution in [0.4, 0.5) is 15.1 Å². The zero-order valence-corrected chi connectivity index (χ0v) is 18.3. The average Bonchev–Trinajstić information content (AvgIpc) is 3.13. The van der Waals surface area contributed by atoms with Gasteiger partial charge in [0.25, 0.3) is 0 Å². The van der Waals surface area contributed by atoms with Crippen molar-refractivity contribution in [3.63, 3.8) is 0 Å². The topological polar surface area (TPSA) is 61.8 Å². The largest absolute Gasteiger partial charge is 0.325 e. The number of amides is 2. The van der Waals surface area contributed by atoms with Crippen molar-refractivity contribution >= 4 is 39.6 Å². The fourth-order valence-electron chi connectivity index (χ4n) is 4.28. The Morgan fingerprint density at radius 1 is 1.06 bits per heavy atom. The van der Waals surface area contributed by atoms with Crippen LogP contribution in [0.1, 0.15) is 34.4 Å². The summed E-state index contributed by atoms with van der Waals surface area (Å²) in [6, 6.07) is 15.5. The minimum Gasteiger partial charge on any atom is -0.325 e. The third-order valence-corrected chi connectivity index (χ3v) is 7.10. The third kappa shape index (κ3) is 3.96. The van der Waals surface area contributed by atoms with E-state index in [-0.39, 0.29) is 30.7 Å². The Balaban J connectivity index is 1.51. The monoisotopic (exact) mass is 447 g/mol. The number of nitrogens with one attached hydrogen (secondary N) is 1. The summed E-state index contributed by atoms with van der Waals surface area (Å²) in [4.78, 5) is 33.4. The van der Waals surface area contributed by atoms with Gasteiger partial charge in [-0.05, 0) is 55.5 Å². The molecule has 0 unspecified atom stereocenters. The van der Waals surface area contributed by atoms with E-state index >= 15 is 0 Å². The van der Waals surface area contributed by atoms with Crippen LogP contribution in [0.3, 0.4) is 0 Å². The van der Waals surface area contributed by atoms with E-state index in [4.69, 9.17) is 4.99 Å². The van der Waals surface area contributed by atoms with Crippen LogP contribution < -0.4 is 10.2 Å². The first-order valence-corrected chi connectivity index (χ1v) is 11.5. The Morgan fingerprint density at radius 3 is 2.59 bits per heavy atom. The lowest BCUT2D eigenvalue weighted by Gasteiger charge is -2.20. The molecule has 2 aliphatic rings. The van der Waals surface area contributed by atoms with Crippen molar-refractivity contribution in [3.05, 3.63) is 82.0 Å². The van der Waals surface area contributed by atoms with Gasteiger partial charge < -0.3 is 5.32 Å². The third-order valence-electron chi connectivity index (χ3n) is 5.79. The van der Waals surface area contributed by atoms with Gasteiger partial charge in [-0.25, -0.2) is 4.39 Å². The summed E-state index contributed by atoms with van der Waals surface area (Å²) in [6.45, 7) is -0.121. The number of halogens is 1. The molecule has 32 heavy (non-hydrogen) atoms. The fourth-order valence-corrected chi connectivity index (χ4v) is 5.68. The molecule has 0 bridgehead atoms. The Bertz CT molecular complexity index is 1200. The van der Waals surface area contributed by atoms with E-state index < -0.39 is 0 Å². The van der Waals surface area contributed by atoms with Crippen molar-refractivity contribution in [1.82, 2.24) is 0 Å². The highest BCUT2D eigenvalue weighted by Crippen LogP contribution is 2.42. The number of carbonyl (C=O) groups is 2. The van der Waals surface area contributed by atoms with Gasteiger partial charge in [0.15, 0.2) is 0 Å². The molecule has 2 aromatic carbocycles. The van der Waals surface area contributed by atoms with E-state index in [1.807, 2.05) is 30.3 Å². The summed E-state index contributed by atoms with van der Waals surface area (Å²) < 4.78 is 13.2. The molecule has 3 aromatic rings. The van der Waals surface area contributed by atoms with Crippen LogP contribution in [0.25, 0.3) is 0 Å². The van der Waals surface area contributed by atoms with Gasteiger partial charge in [-0.3, -0.25) is 19.5 Å². The predicted molar refractivity (Wildman–Crippen MR) is 125 cm³/mol. The number of hydrogen-bond donors (Lipinski definition) is 1. The lowest BCUT2D eigenvalue weighted by Crippen LogP contribution is -2.38. The molecule has 162 valence electrons. The molecule has 1 N–H and O–H groups in total. The standard InChI is InChI=1S/C25H22FN3O2S/c26-17-10-12-18(13-11-17)28-21(30)15-29-22(31)14-27-24(16-6-2-1-3-7-16)23-19-8-4-5-9-20(19)32-25(23)29/h1-3,6-7,10-13H,4-5,8-9,14-15H2,(H,28,30). The number of thiophene rings is 1. The van der Waals surface area contributed by atoms with Crippen molar-refractivity contribution in [2.24, 2.45) is 4.99 Å². The number of aryl methyl sites for hydroxylation is 1. The summed E-state index contributed by atoms with van der Waals surface area (Å²) in [5.41, 5.74) is 4.56. The number of fused-ring (bicyclic) bond motifs is 3. The number of anilines is 2. The minimum atomic E-state index is -0.370. The first-order valence-electron chi connectivity index (χ1n) is 10.7. The lowest BCUT2D eigenvalue weighted by atomic mass is 9.91. The Hall–Kier alpha value is -3.32. The highest BCUT2D eigenvalue weighted by Gasteiger charge is 2.33. The van der Waals surface area contributed by atoms with Crippen LogP contribution in [-0.2, 0) is 22.4 Å². The van der Waals surface area contributed by atoms with Crippen LogP contribution in [0.15, 0.2) is 59.6 Å². The number of hydrogen-bond acceptors (Lipinski definition) is 4. The molecule has 2 heterocycles. The van der Waals surface area contributed by atoms with Gasteiger partial charge in [-0.15, -0.1) is 11.3 Å². The highest BCUT2D eigenvalue weighted by molar-refractivity contribution is 7.17. The molecule has 1 aliphatic heterocycles. The quantitative estimate of drug-likeness (QED) is 0.636. The predicted octanol–water partition coefficient (Wildman–Crippen LogP) is 4.59. The van der Waals surface area contributed by atoms with Crippen molar-refractivity contribution < 1.29 is 14.0 Å². The second-order valence-corrected chi connectivity index (χ2v) is 9.04. The lowest BCUT2D eigenvalue weighted by molar-refractivity contribution is -0.120. The molecule has 1 aromatic heterocycles. The fraction of sp³-hybridized carbons (Fsp3) is 0.240. The maximum absolute atomic E-state index is 13.2. The van der Waals surface area contributed by atoms with E-state index in [0.717, 1.165) is 47.5 Å². The molecule has 7 heteroatoms. The van der Waals surface area contributed by atoms with Crippen molar-refractivity contribution in [2.45, 2.75) is 25.7 Å². The summed E-state index contributed by atoms with van der Waals surface area (Å²) in [5, 5.41) is 3.56. The van der Waals surface area contributed by atoms with E-state index in [0.29, 0.717) is 5.69 Å². The van der Waals surface area contributed by atoms with E-state index in [9.17, 15) is 14.0 Å². The van der Waals surface area contributed by atoms with Crippen molar-refractivity contribution in [1.29, 1.82) is 0 Å². The van der Waals surface area contributed by atoms with Crippen LogP contribution in [0, 0.1) is 5.82 Å². The zero-order chi connectivity index (χ0) is 22.1. The van der Waals surface area contributed by atoms with E-state index in [1.54, 1.807) is 16.2 Å². The van der Waals surface area contributed by atoms with Crippen molar-refractivity contribution in [3.8, 4) is 0 Å². The molecule has 0 saturated carbocycles. The molecule has 1 aliphatic carbocycles. The van der Waals surface area contributed by atoms with Gasteiger partial charge in [0.1, 0.15) is 23.9 Å². The number of rotatable bonds is 4. The summed E-state index contributed by atoms with van der Waals surface area (Å²) >= 11 is 1.61. The van der Waals surface area contributed by atoms with E-state index in [1.165, 1.54) is 34.7 Å². The smallest absolute Gasteiger partial charge is 0.249 e. The zero-order valence-electron chi connectivity index (χ0n) is 17.4. The minimum absolute atomic E-state index is 0.00969. The van der Waals surface area contributed by atoms with Gasteiger partial charge in [0.05, 0.1) is 5.71 Å². The van der Waals surface area contributed by atoms with E-state index in [2.05, 4.69) is 5.32 Å². The van der Waals surface area contributed by atoms with Crippen LogP contribution in [0.5, 0.6) is 0 Å². The Labute approximate surface area is 189 Å². The summed E-state index contributed by atoms with van der Waals surface area (Å²) in [6.07, 6.45) is 4.18. The molecule has 5 nitrogen and oxygen atoms in total. The second-order valence-electron chi connectivity index (χ2n) is 7.96. The highest BCUT2D eigenvalue weighted by atomic mass is 32.1. The Morgan fingerprint density at radius 2 is 1.81 bits per heavy atom. The number of aliphatic imine (C=N–C) groups is 1.